The van der Waals surface area contributed by atoms with Gasteiger partial charge in [0.15, 0.2) is 5.78 Å². The summed E-state index contributed by atoms with van der Waals surface area (Å²) in [6.07, 6.45) is 3.75. The number of allylic oxidation sites excluding steroid dienone is 1. The van der Waals surface area contributed by atoms with E-state index in [9.17, 15) is 4.79 Å². The van der Waals surface area contributed by atoms with Crippen molar-refractivity contribution in [2.45, 2.75) is 12.3 Å². The third kappa shape index (κ3) is 2.72. The molecule has 0 N–H and O–H groups in total. The molecule has 86 valence electrons. The van der Waals surface area contributed by atoms with Gasteiger partial charge in [0, 0.05) is 17.9 Å². The Morgan fingerprint density at radius 1 is 1.24 bits per heavy atom. The molecule has 1 aromatic heterocycles. The van der Waals surface area contributed by atoms with E-state index in [0.717, 1.165) is 11.3 Å². The first-order valence-electron chi connectivity index (χ1n) is 5.55. The molecule has 2 aromatic rings. The van der Waals surface area contributed by atoms with Crippen LogP contribution < -0.4 is 0 Å². The predicted octanol–water partition coefficient (Wildman–Crippen LogP) is 3.82. The standard InChI is InChI=1S/C15H14O2/c1-2-12(15-9-6-10-17-15)11-14(16)13-7-4-3-5-8-13/h2-10,12H,1,11H2. The molecule has 0 amide bonds. The molecule has 2 rings (SSSR count). The number of carbonyl (C=O) groups is 1. The van der Waals surface area contributed by atoms with Gasteiger partial charge in [-0.05, 0) is 12.1 Å². The minimum atomic E-state index is -0.0577. The third-order valence-electron chi connectivity index (χ3n) is 2.69. The minimum absolute atomic E-state index is 0.0577. The predicted molar refractivity (Wildman–Crippen MR) is 67.0 cm³/mol. The van der Waals surface area contributed by atoms with Crippen LogP contribution in [-0.4, -0.2) is 5.78 Å². The van der Waals surface area contributed by atoms with Crippen molar-refractivity contribution in [2.24, 2.45) is 0 Å². The lowest BCUT2D eigenvalue weighted by atomic mass is 9.96. The molecule has 17 heavy (non-hydrogen) atoms. The molecule has 0 aliphatic carbocycles. The van der Waals surface area contributed by atoms with Crippen molar-refractivity contribution in [2.75, 3.05) is 0 Å². The largest absolute Gasteiger partial charge is 0.469 e. The van der Waals surface area contributed by atoms with Crippen LogP contribution in [0.3, 0.4) is 0 Å². The molecule has 1 aromatic carbocycles. The fourth-order valence-electron chi connectivity index (χ4n) is 1.74. The molecule has 1 heterocycles. The zero-order valence-electron chi connectivity index (χ0n) is 9.50. The number of furan rings is 1. The summed E-state index contributed by atoms with van der Waals surface area (Å²) < 4.78 is 5.30. The van der Waals surface area contributed by atoms with Crippen LogP contribution in [0.2, 0.25) is 0 Å². The lowest BCUT2D eigenvalue weighted by molar-refractivity contribution is 0.0976. The monoisotopic (exact) mass is 226 g/mol. The summed E-state index contributed by atoms with van der Waals surface area (Å²) in [4.78, 5) is 12.0. The van der Waals surface area contributed by atoms with Gasteiger partial charge in [-0.2, -0.15) is 0 Å². The van der Waals surface area contributed by atoms with E-state index in [2.05, 4.69) is 6.58 Å². The maximum Gasteiger partial charge on any atom is 0.163 e. The van der Waals surface area contributed by atoms with Crippen molar-refractivity contribution in [1.29, 1.82) is 0 Å². The van der Waals surface area contributed by atoms with Gasteiger partial charge in [0.25, 0.3) is 0 Å². The number of benzene rings is 1. The van der Waals surface area contributed by atoms with Crippen LogP contribution in [0, 0.1) is 0 Å². The second-order valence-corrected chi connectivity index (χ2v) is 3.85. The summed E-state index contributed by atoms with van der Waals surface area (Å²) in [6, 6.07) is 13.0. The Hall–Kier alpha value is -2.09. The fraction of sp³-hybridized carbons (Fsp3) is 0.133. The van der Waals surface area contributed by atoms with Crippen molar-refractivity contribution >= 4 is 5.78 Å². The first-order chi connectivity index (χ1) is 8.31. The summed E-state index contributed by atoms with van der Waals surface area (Å²) in [7, 11) is 0. The van der Waals surface area contributed by atoms with Crippen LogP contribution in [0.4, 0.5) is 0 Å². The van der Waals surface area contributed by atoms with Gasteiger partial charge in [0.1, 0.15) is 5.76 Å². The Balaban J connectivity index is 2.10. The summed E-state index contributed by atoms with van der Waals surface area (Å²) >= 11 is 0. The second-order valence-electron chi connectivity index (χ2n) is 3.85. The number of ketones is 1. The van der Waals surface area contributed by atoms with Crippen LogP contribution in [0.1, 0.15) is 28.5 Å². The van der Waals surface area contributed by atoms with Gasteiger partial charge in [0.2, 0.25) is 0 Å². The average Bonchev–Trinajstić information content (AvgIpc) is 2.90. The molecule has 2 heteroatoms. The number of Topliss-reactive ketones (excluding diaryl/α,β-unsaturated/α-hetero) is 1. The number of hydrogen-bond donors (Lipinski definition) is 0. The SMILES string of the molecule is C=CC(CC(=O)c1ccccc1)c1ccco1. The molecule has 2 nitrogen and oxygen atoms in total. The van der Waals surface area contributed by atoms with Gasteiger partial charge >= 0.3 is 0 Å². The highest BCUT2D eigenvalue weighted by atomic mass is 16.3. The Morgan fingerprint density at radius 2 is 2.00 bits per heavy atom. The lowest BCUT2D eigenvalue weighted by Gasteiger charge is -2.08. The lowest BCUT2D eigenvalue weighted by Crippen LogP contribution is -2.05. The van der Waals surface area contributed by atoms with Crippen molar-refractivity contribution in [3.8, 4) is 0 Å². The Bertz CT molecular complexity index is 483. The van der Waals surface area contributed by atoms with Gasteiger partial charge in [-0.1, -0.05) is 36.4 Å². The minimum Gasteiger partial charge on any atom is -0.469 e. The van der Waals surface area contributed by atoms with Crippen LogP contribution in [0.15, 0.2) is 65.8 Å². The third-order valence-corrected chi connectivity index (χ3v) is 2.69. The number of carbonyl (C=O) groups excluding carboxylic acids is 1. The molecule has 1 unspecified atom stereocenters. The Labute approximate surface area is 101 Å². The van der Waals surface area contributed by atoms with Gasteiger partial charge in [0.05, 0.1) is 6.26 Å². The summed E-state index contributed by atoms with van der Waals surface area (Å²) in [6.45, 7) is 3.75. The maximum absolute atomic E-state index is 12.0. The Morgan fingerprint density at radius 3 is 2.59 bits per heavy atom. The van der Waals surface area contributed by atoms with E-state index in [-0.39, 0.29) is 11.7 Å². The number of hydrogen-bond acceptors (Lipinski definition) is 2. The van der Waals surface area contributed by atoms with Gasteiger partial charge in [-0.15, -0.1) is 6.58 Å². The van der Waals surface area contributed by atoms with Crippen LogP contribution >= 0.6 is 0 Å². The molecule has 0 radical (unpaired) electrons. The van der Waals surface area contributed by atoms with Crippen LogP contribution in [0.5, 0.6) is 0 Å². The quantitative estimate of drug-likeness (QED) is 0.573. The highest BCUT2D eigenvalue weighted by molar-refractivity contribution is 5.96. The van der Waals surface area contributed by atoms with E-state index in [1.807, 2.05) is 42.5 Å². The molecule has 0 saturated heterocycles. The van der Waals surface area contributed by atoms with E-state index in [0.29, 0.717) is 6.42 Å². The first-order valence-corrected chi connectivity index (χ1v) is 5.55. The van der Waals surface area contributed by atoms with E-state index >= 15 is 0 Å². The zero-order chi connectivity index (χ0) is 12.1. The van der Waals surface area contributed by atoms with Crippen molar-refractivity contribution in [1.82, 2.24) is 0 Å². The average molecular weight is 226 g/mol. The summed E-state index contributed by atoms with van der Waals surface area (Å²) in [5.41, 5.74) is 0.728. The summed E-state index contributed by atoms with van der Waals surface area (Å²) in [5.74, 6) is 0.828. The topological polar surface area (TPSA) is 30.2 Å². The molecule has 0 fully saturated rings. The van der Waals surface area contributed by atoms with E-state index < -0.39 is 0 Å². The highest BCUT2D eigenvalue weighted by Crippen LogP contribution is 2.23. The van der Waals surface area contributed by atoms with Crippen molar-refractivity contribution in [3.63, 3.8) is 0 Å². The summed E-state index contributed by atoms with van der Waals surface area (Å²) in [5, 5.41) is 0. The second kappa shape index (κ2) is 5.30. The van der Waals surface area contributed by atoms with E-state index in [1.54, 1.807) is 12.3 Å². The van der Waals surface area contributed by atoms with Crippen molar-refractivity contribution in [3.05, 3.63) is 72.7 Å². The Kier molecular flexibility index (Phi) is 3.55. The fourth-order valence-corrected chi connectivity index (χ4v) is 1.74. The van der Waals surface area contributed by atoms with E-state index in [1.165, 1.54) is 0 Å². The normalized spacial score (nSPS) is 12.0. The zero-order valence-corrected chi connectivity index (χ0v) is 9.50. The maximum atomic E-state index is 12.0. The molecule has 0 spiro atoms. The molecule has 0 aliphatic rings. The van der Waals surface area contributed by atoms with Gasteiger partial charge < -0.3 is 4.42 Å². The molecular weight excluding hydrogens is 212 g/mol. The van der Waals surface area contributed by atoms with Gasteiger partial charge in [-0.25, -0.2) is 0 Å². The van der Waals surface area contributed by atoms with Crippen LogP contribution in [0.25, 0.3) is 0 Å². The first kappa shape index (κ1) is 11.4. The molecule has 0 saturated carbocycles. The van der Waals surface area contributed by atoms with Crippen molar-refractivity contribution < 1.29 is 9.21 Å². The molecular formula is C15H14O2. The molecule has 1 atom stereocenters. The molecule has 0 aliphatic heterocycles. The van der Waals surface area contributed by atoms with Crippen LogP contribution in [-0.2, 0) is 0 Å². The van der Waals surface area contributed by atoms with E-state index in [4.69, 9.17) is 4.42 Å². The number of rotatable bonds is 5. The highest BCUT2D eigenvalue weighted by Gasteiger charge is 2.16. The molecule has 0 bridgehead atoms. The van der Waals surface area contributed by atoms with Gasteiger partial charge in [-0.3, -0.25) is 4.79 Å². The smallest absolute Gasteiger partial charge is 0.163 e.